The van der Waals surface area contributed by atoms with Crippen molar-refractivity contribution >= 4 is 45.6 Å². The number of rotatable bonds is 6. The highest BCUT2D eigenvalue weighted by atomic mass is 35.5. The Morgan fingerprint density at radius 1 is 1.22 bits per heavy atom. The van der Waals surface area contributed by atoms with Gasteiger partial charge in [-0.05, 0) is 49.5 Å². The van der Waals surface area contributed by atoms with E-state index in [4.69, 9.17) is 0 Å². The molecule has 1 heterocycles. The van der Waals surface area contributed by atoms with Crippen molar-refractivity contribution in [3.8, 4) is 0 Å². The zero-order valence-electron chi connectivity index (χ0n) is 15.7. The third-order valence-electron chi connectivity index (χ3n) is 4.37. The van der Waals surface area contributed by atoms with Gasteiger partial charge in [0.05, 0.1) is 17.5 Å². The maximum atomic E-state index is 12.7. The van der Waals surface area contributed by atoms with Crippen molar-refractivity contribution in [1.82, 2.24) is 10.6 Å². The lowest BCUT2D eigenvalue weighted by molar-refractivity contribution is -0.114. The van der Waals surface area contributed by atoms with Gasteiger partial charge in [0.2, 0.25) is 15.9 Å². The fraction of sp³-hybridized carbons (Fsp3) is 0.529. The van der Waals surface area contributed by atoms with Gasteiger partial charge in [-0.1, -0.05) is 6.92 Å². The molecule has 1 fully saturated rings. The van der Waals surface area contributed by atoms with Crippen LogP contribution in [0.3, 0.4) is 0 Å². The lowest BCUT2D eigenvalue weighted by atomic mass is 9.81. The van der Waals surface area contributed by atoms with Gasteiger partial charge in [0.25, 0.3) is 5.91 Å². The van der Waals surface area contributed by atoms with Crippen LogP contribution in [0.2, 0.25) is 0 Å². The highest BCUT2D eigenvalue weighted by Gasteiger charge is 2.27. The predicted octanol–water partition coefficient (Wildman–Crippen LogP) is 1.56. The Morgan fingerprint density at radius 3 is 2.41 bits per heavy atom. The molecule has 0 radical (unpaired) electrons. The molecular formula is C17H27ClN4O4S. The van der Waals surface area contributed by atoms with Crippen LogP contribution in [-0.4, -0.2) is 46.1 Å². The highest BCUT2D eigenvalue weighted by molar-refractivity contribution is 7.92. The summed E-state index contributed by atoms with van der Waals surface area (Å²) in [6.45, 7) is 5.80. The van der Waals surface area contributed by atoms with E-state index in [1.807, 2.05) is 0 Å². The van der Waals surface area contributed by atoms with Crippen LogP contribution in [0.15, 0.2) is 18.2 Å². The zero-order chi connectivity index (χ0) is 19.4. The SMILES string of the molecule is CC(=O)Nc1ccc(NS(C)(=O)=O)c(C(=O)NCC2(C)CCNCC2)c1.Cl. The molecule has 8 nitrogen and oxygen atoms in total. The summed E-state index contributed by atoms with van der Waals surface area (Å²) in [5, 5.41) is 8.79. The molecule has 0 spiro atoms. The summed E-state index contributed by atoms with van der Waals surface area (Å²) in [6.07, 6.45) is 2.92. The van der Waals surface area contributed by atoms with Gasteiger partial charge in [0.1, 0.15) is 0 Å². The first kappa shape index (κ1) is 23.2. The van der Waals surface area contributed by atoms with Crippen molar-refractivity contribution in [3.05, 3.63) is 23.8 Å². The van der Waals surface area contributed by atoms with Crippen LogP contribution in [-0.2, 0) is 14.8 Å². The van der Waals surface area contributed by atoms with E-state index < -0.39 is 10.0 Å². The number of hydrogen-bond donors (Lipinski definition) is 4. The van der Waals surface area contributed by atoms with Gasteiger partial charge >= 0.3 is 0 Å². The van der Waals surface area contributed by atoms with Crippen LogP contribution in [0, 0.1) is 5.41 Å². The molecule has 1 saturated heterocycles. The molecule has 2 rings (SSSR count). The van der Waals surface area contributed by atoms with Gasteiger partial charge in [-0.2, -0.15) is 0 Å². The fourth-order valence-corrected chi connectivity index (χ4v) is 3.48. The second-order valence-corrected chi connectivity index (χ2v) is 8.81. The molecule has 0 atom stereocenters. The molecule has 2 amide bonds. The molecule has 152 valence electrons. The molecule has 1 aromatic rings. The molecule has 10 heteroatoms. The number of carbonyl (C=O) groups is 2. The third-order valence-corrected chi connectivity index (χ3v) is 4.96. The molecule has 0 saturated carbocycles. The van der Waals surface area contributed by atoms with Crippen molar-refractivity contribution in [2.24, 2.45) is 5.41 Å². The number of amides is 2. The summed E-state index contributed by atoms with van der Waals surface area (Å²) >= 11 is 0. The van der Waals surface area contributed by atoms with Gasteiger partial charge in [-0.25, -0.2) is 8.42 Å². The molecule has 27 heavy (non-hydrogen) atoms. The Balaban J connectivity index is 0.00000364. The summed E-state index contributed by atoms with van der Waals surface area (Å²) in [7, 11) is -3.54. The average Bonchev–Trinajstić information content (AvgIpc) is 2.53. The fourth-order valence-electron chi connectivity index (χ4n) is 2.90. The van der Waals surface area contributed by atoms with Gasteiger partial charge < -0.3 is 16.0 Å². The van der Waals surface area contributed by atoms with Crippen molar-refractivity contribution in [2.45, 2.75) is 26.7 Å². The van der Waals surface area contributed by atoms with Crippen molar-refractivity contribution in [1.29, 1.82) is 0 Å². The van der Waals surface area contributed by atoms with Crippen molar-refractivity contribution in [2.75, 3.05) is 35.9 Å². The molecule has 1 aliphatic rings. The largest absolute Gasteiger partial charge is 0.351 e. The van der Waals surface area contributed by atoms with E-state index in [2.05, 4.69) is 27.6 Å². The Hall–Kier alpha value is -1.84. The van der Waals surface area contributed by atoms with Gasteiger partial charge in [-0.3, -0.25) is 14.3 Å². The van der Waals surface area contributed by atoms with E-state index in [-0.39, 0.29) is 40.9 Å². The smallest absolute Gasteiger partial charge is 0.253 e. The summed E-state index contributed by atoms with van der Waals surface area (Å²) in [6, 6.07) is 4.47. The molecule has 1 aromatic carbocycles. The quantitative estimate of drug-likeness (QED) is 0.559. The van der Waals surface area contributed by atoms with E-state index in [1.165, 1.54) is 19.1 Å². The summed E-state index contributed by atoms with van der Waals surface area (Å²) in [5.41, 5.74) is 0.768. The predicted molar refractivity (Wildman–Crippen MR) is 109 cm³/mol. The molecule has 1 aliphatic heterocycles. The minimum Gasteiger partial charge on any atom is -0.351 e. The number of piperidine rings is 1. The third kappa shape index (κ3) is 7.36. The Labute approximate surface area is 166 Å². The lowest BCUT2D eigenvalue weighted by Crippen LogP contribution is -2.43. The number of nitrogens with one attached hydrogen (secondary N) is 4. The topological polar surface area (TPSA) is 116 Å². The monoisotopic (exact) mass is 418 g/mol. The minimum atomic E-state index is -3.54. The normalized spacial score (nSPS) is 16.0. The zero-order valence-corrected chi connectivity index (χ0v) is 17.4. The number of carbonyl (C=O) groups excluding carboxylic acids is 2. The molecule has 0 aromatic heterocycles. The summed E-state index contributed by atoms with van der Waals surface area (Å²) < 4.78 is 25.5. The molecule has 0 aliphatic carbocycles. The van der Waals surface area contributed by atoms with Crippen LogP contribution in [0.5, 0.6) is 0 Å². The number of hydrogen-bond acceptors (Lipinski definition) is 5. The first-order valence-corrected chi connectivity index (χ1v) is 10.4. The van der Waals surface area contributed by atoms with Crippen molar-refractivity contribution in [3.63, 3.8) is 0 Å². The van der Waals surface area contributed by atoms with Crippen LogP contribution in [0.1, 0.15) is 37.0 Å². The second-order valence-electron chi connectivity index (χ2n) is 7.06. The number of halogens is 1. The Morgan fingerprint density at radius 2 is 1.85 bits per heavy atom. The minimum absolute atomic E-state index is 0. The first-order chi connectivity index (χ1) is 12.1. The molecule has 0 unspecified atom stereocenters. The van der Waals surface area contributed by atoms with E-state index in [0.717, 1.165) is 32.2 Å². The number of benzene rings is 1. The van der Waals surface area contributed by atoms with Crippen LogP contribution in [0.4, 0.5) is 11.4 Å². The van der Waals surface area contributed by atoms with Gasteiger partial charge in [0, 0.05) is 19.2 Å². The van der Waals surface area contributed by atoms with E-state index >= 15 is 0 Å². The van der Waals surface area contributed by atoms with Gasteiger partial charge in [-0.15, -0.1) is 12.4 Å². The molecule has 4 N–H and O–H groups in total. The molecule has 0 bridgehead atoms. The number of sulfonamides is 1. The maximum Gasteiger partial charge on any atom is 0.253 e. The Kier molecular flexibility index (Phi) is 8.06. The van der Waals surface area contributed by atoms with Crippen LogP contribution in [0.25, 0.3) is 0 Å². The second kappa shape index (κ2) is 9.38. The van der Waals surface area contributed by atoms with Crippen molar-refractivity contribution < 1.29 is 18.0 Å². The standard InChI is InChI=1S/C17H26N4O4S.ClH/c1-12(22)20-13-4-5-15(21-26(3,24)25)14(10-13)16(23)19-11-17(2)6-8-18-9-7-17;/h4-5,10,18,21H,6-9,11H2,1-3H3,(H,19,23)(H,20,22);1H. The molecular weight excluding hydrogens is 392 g/mol. The first-order valence-electron chi connectivity index (χ1n) is 8.46. The Bertz CT molecular complexity index is 792. The van der Waals surface area contributed by atoms with Crippen LogP contribution < -0.4 is 20.7 Å². The summed E-state index contributed by atoms with van der Waals surface area (Å²) in [4.78, 5) is 24.0. The van der Waals surface area contributed by atoms with E-state index in [0.29, 0.717) is 12.2 Å². The van der Waals surface area contributed by atoms with Gasteiger partial charge in [0.15, 0.2) is 0 Å². The lowest BCUT2D eigenvalue weighted by Gasteiger charge is -2.34. The maximum absolute atomic E-state index is 12.7. The van der Waals surface area contributed by atoms with E-state index in [9.17, 15) is 18.0 Å². The van der Waals surface area contributed by atoms with E-state index in [1.54, 1.807) is 6.07 Å². The number of anilines is 2. The highest BCUT2D eigenvalue weighted by Crippen LogP contribution is 2.27. The summed E-state index contributed by atoms with van der Waals surface area (Å²) in [5.74, 6) is -0.662. The average molecular weight is 419 g/mol. The van der Waals surface area contributed by atoms with Crippen LogP contribution >= 0.6 is 12.4 Å².